The Balaban J connectivity index is 1.81. The largest absolute Gasteiger partial charge is 0.389 e. The van der Waals surface area contributed by atoms with Gasteiger partial charge in [-0.15, -0.1) is 0 Å². The number of nitrogens with one attached hydrogen (secondary N) is 1. The minimum atomic E-state index is -0.358. The molecule has 0 heterocycles. The van der Waals surface area contributed by atoms with Gasteiger partial charge in [-0.1, -0.05) is 26.7 Å². The normalized spacial score (nSPS) is 18.4. The topological polar surface area (TPSA) is 41.5 Å². The fourth-order valence-electron chi connectivity index (χ4n) is 1.47. The molecule has 1 rings (SSSR count). The predicted molar refractivity (Wildman–Crippen MR) is 61.9 cm³/mol. The first-order valence-corrected chi connectivity index (χ1v) is 6.15. The predicted octanol–water partition coefficient (Wildman–Crippen LogP) is 1.41. The summed E-state index contributed by atoms with van der Waals surface area (Å²) < 4.78 is 5.41. The van der Waals surface area contributed by atoms with Crippen molar-refractivity contribution in [2.75, 3.05) is 26.3 Å². The number of rotatable bonds is 9. The number of hydrogen-bond acceptors (Lipinski definition) is 3. The third-order valence-corrected chi connectivity index (χ3v) is 2.61. The van der Waals surface area contributed by atoms with Gasteiger partial charge in [0, 0.05) is 13.2 Å². The van der Waals surface area contributed by atoms with Gasteiger partial charge in [-0.05, 0) is 24.8 Å². The van der Waals surface area contributed by atoms with Crippen LogP contribution in [0.2, 0.25) is 0 Å². The number of hydrogen-bond donors (Lipinski definition) is 2. The maximum atomic E-state index is 9.56. The minimum absolute atomic E-state index is 0.358. The van der Waals surface area contributed by atoms with Crippen molar-refractivity contribution in [1.82, 2.24) is 5.32 Å². The van der Waals surface area contributed by atoms with Gasteiger partial charge in [0.15, 0.2) is 0 Å². The molecule has 1 aliphatic rings. The summed E-state index contributed by atoms with van der Waals surface area (Å²) in [6.45, 7) is 7.20. The van der Waals surface area contributed by atoms with Crippen molar-refractivity contribution in [3.8, 4) is 0 Å². The fraction of sp³-hybridized carbons (Fsp3) is 1.00. The van der Waals surface area contributed by atoms with Crippen LogP contribution in [0.4, 0.5) is 0 Å². The van der Waals surface area contributed by atoms with Gasteiger partial charge in [0.1, 0.15) is 0 Å². The molecule has 0 aromatic carbocycles. The zero-order valence-corrected chi connectivity index (χ0v) is 10.0. The highest BCUT2D eigenvalue weighted by Gasteiger charge is 2.20. The van der Waals surface area contributed by atoms with Gasteiger partial charge < -0.3 is 15.2 Å². The molecule has 0 saturated heterocycles. The Morgan fingerprint density at radius 3 is 2.67 bits per heavy atom. The van der Waals surface area contributed by atoms with E-state index < -0.39 is 0 Å². The summed E-state index contributed by atoms with van der Waals surface area (Å²) in [6.07, 6.45) is 3.57. The van der Waals surface area contributed by atoms with E-state index in [2.05, 4.69) is 19.2 Å². The molecule has 0 bridgehead atoms. The van der Waals surface area contributed by atoms with Gasteiger partial charge in [0.2, 0.25) is 0 Å². The Morgan fingerprint density at radius 1 is 1.33 bits per heavy atom. The minimum Gasteiger partial charge on any atom is -0.389 e. The maximum Gasteiger partial charge on any atom is 0.0897 e. The molecule has 1 atom stereocenters. The van der Waals surface area contributed by atoms with E-state index >= 15 is 0 Å². The first-order valence-electron chi connectivity index (χ1n) is 6.15. The second-order valence-electron chi connectivity index (χ2n) is 5.01. The molecule has 90 valence electrons. The second-order valence-corrected chi connectivity index (χ2v) is 5.01. The molecule has 0 aromatic rings. The van der Waals surface area contributed by atoms with Crippen LogP contribution < -0.4 is 5.32 Å². The van der Waals surface area contributed by atoms with Crippen molar-refractivity contribution in [1.29, 1.82) is 0 Å². The molecule has 3 heteroatoms. The maximum absolute atomic E-state index is 9.56. The average Bonchev–Trinajstić information content (AvgIpc) is 2.95. The average molecular weight is 215 g/mol. The highest BCUT2D eigenvalue weighted by molar-refractivity contribution is 4.72. The molecule has 0 radical (unpaired) electrons. The van der Waals surface area contributed by atoms with Crippen molar-refractivity contribution in [3.05, 3.63) is 0 Å². The molecule has 2 N–H and O–H groups in total. The lowest BCUT2D eigenvalue weighted by Crippen LogP contribution is -2.32. The number of aliphatic hydroxyl groups is 1. The molecule has 0 aromatic heterocycles. The first-order chi connectivity index (χ1) is 7.18. The van der Waals surface area contributed by atoms with Crippen LogP contribution >= 0.6 is 0 Å². The van der Waals surface area contributed by atoms with E-state index in [0.717, 1.165) is 19.1 Å². The SMILES string of the molecule is CC(C)CNCC(O)COCCC1CC1. The number of ether oxygens (including phenoxy) is 1. The van der Waals surface area contributed by atoms with E-state index in [-0.39, 0.29) is 6.10 Å². The smallest absolute Gasteiger partial charge is 0.0897 e. The molecule has 0 amide bonds. The monoisotopic (exact) mass is 215 g/mol. The highest BCUT2D eigenvalue weighted by atomic mass is 16.5. The summed E-state index contributed by atoms with van der Waals surface area (Å²) in [5.74, 6) is 1.55. The van der Waals surface area contributed by atoms with Gasteiger partial charge in [-0.3, -0.25) is 0 Å². The van der Waals surface area contributed by atoms with Crippen LogP contribution in [0.3, 0.4) is 0 Å². The molecular weight excluding hydrogens is 190 g/mol. The lowest BCUT2D eigenvalue weighted by atomic mass is 10.2. The summed E-state index contributed by atoms with van der Waals surface area (Å²) >= 11 is 0. The van der Waals surface area contributed by atoms with Crippen LogP contribution in [0.15, 0.2) is 0 Å². The van der Waals surface area contributed by atoms with E-state index in [1.165, 1.54) is 19.3 Å². The lowest BCUT2D eigenvalue weighted by molar-refractivity contribution is 0.0344. The summed E-state index contributed by atoms with van der Waals surface area (Å²) in [5.41, 5.74) is 0. The zero-order valence-electron chi connectivity index (χ0n) is 10.0. The van der Waals surface area contributed by atoms with Crippen molar-refractivity contribution in [2.45, 2.75) is 39.2 Å². The van der Waals surface area contributed by atoms with Crippen molar-refractivity contribution in [2.24, 2.45) is 11.8 Å². The van der Waals surface area contributed by atoms with Crippen LogP contribution in [0.25, 0.3) is 0 Å². The molecular formula is C12H25NO2. The molecule has 0 aliphatic heterocycles. The number of aliphatic hydroxyl groups excluding tert-OH is 1. The van der Waals surface area contributed by atoms with E-state index in [4.69, 9.17) is 4.74 Å². The van der Waals surface area contributed by atoms with E-state index in [0.29, 0.717) is 19.1 Å². The Bertz CT molecular complexity index is 158. The quantitative estimate of drug-likeness (QED) is 0.571. The Morgan fingerprint density at radius 2 is 2.07 bits per heavy atom. The molecule has 1 fully saturated rings. The summed E-state index contributed by atoms with van der Waals surface area (Å²) in [6, 6.07) is 0. The highest BCUT2D eigenvalue weighted by Crippen LogP contribution is 2.31. The lowest BCUT2D eigenvalue weighted by Gasteiger charge is -2.13. The van der Waals surface area contributed by atoms with E-state index in [1.54, 1.807) is 0 Å². The Kier molecular flexibility index (Phi) is 6.22. The van der Waals surface area contributed by atoms with Crippen LogP contribution in [0, 0.1) is 11.8 Å². The van der Waals surface area contributed by atoms with Crippen LogP contribution in [-0.4, -0.2) is 37.5 Å². The van der Waals surface area contributed by atoms with Crippen LogP contribution in [0.5, 0.6) is 0 Å². The molecule has 15 heavy (non-hydrogen) atoms. The molecule has 1 unspecified atom stereocenters. The van der Waals surface area contributed by atoms with Gasteiger partial charge in [-0.25, -0.2) is 0 Å². The summed E-state index contributed by atoms with van der Waals surface area (Å²) in [7, 11) is 0. The van der Waals surface area contributed by atoms with E-state index in [9.17, 15) is 5.11 Å². The van der Waals surface area contributed by atoms with Gasteiger partial charge in [0.05, 0.1) is 12.7 Å². The van der Waals surface area contributed by atoms with E-state index in [1.807, 2.05) is 0 Å². The fourth-order valence-corrected chi connectivity index (χ4v) is 1.47. The Hall–Kier alpha value is -0.120. The van der Waals surface area contributed by atoms with Crippen molar-refractivity contribution < 1.29 is 9.84 Å². The van der Waals surface area contributed by atoms with Crippen LogP contribution in [0.1, 0.15) is 33.1 Å². The third kappa shape index (κ3) is 7.77. The third-order valence-electron chi connectivity index (χ3n) is 2.61. The molecule has 1 aliphatic carbocycles. The van der Waals surface area contributed by atoms with Crippen LogP contribution in [-0.2, 0) is 4.74 Å². The molecule has 3 nitrogen and oxygen atoms in total. The second kappa shape index (κ2) is 7.20. The Labute approximate surface area is 93.2 Å². The summed E-state index contributed by atoms with van der Waals surface area (Å²) in [4.78, 5) is 0. The first kappa shape index (κ1) is 12.9. The molecule has 1 saturated carbocycles. The van der Waals surface area contributed by atoms with Gasteiger partial charge in [-0.2, -0.15) is 0 Å². The zero-order chi connectivity index (χ0) is 11.1. The standard InChI is InChI=1S/C12H25NO2/c1-10(2)7-13-8-12(14)9-15-6-5-11-3-4-11/h10-14H,3-9H2,1-2H3. The van der Waals surface area contributed by atoms with Crippen molar-refractivity contribution in [3.63, 3.8) is 0 Å². The van der Waals surface area contributed by atoms with Crippen molar-refractivity contribution >= 4 is 0 Å². The van der Waals surface area contributed by atoms with Gasteiger partial charge in [0.25, 0.3) is 0 Å². The molecule has 0 spiro atoms. The van der Waals surface area contributed by atoms with Gasteiger partial charge >= 0.3 is 0 Å². The summed E-state index contributed by atoms with van der Waals surface area (Å²) in [5, 5.41) is 12.8.